The van der Waals surface area contributed by atoms with E-state index in [1.165, 1.54) is 0 Å². The number of aromatic nitrogens is 3. The molecule has 8 heteroatoms. The number of carbonyl (C=O) groups is 1. The molecule has 2 aromatic heterocycles. The third-order valence-corrected chi connectivity index (χ3v) is 4.70. The number of imidazole rings is 1. The van der Waals surface area contributed by atoms with Gasteiger partial charge >= 0.3 is 0 Å². The van der Waals surface area contributed by atoms with Crippen molar-refractivity contribution >= 4 is 61.8 Å². The van der Waals surface area contributed by atoms with Crippen LogP contribution in [0.1, 0.15) is 10.4 Å². The standard InChI is InChI=1S/C19H13BrClN5O/c20-12-2-4-13(5-3-12)23-18(27)11-1-6-16-17(9-11)26-19(25-16)24-15-7-8-22-10-14(15)21/h1-10H,(H,23,27)(H2,22,24,25,26). The van der Waals surface area contributed by atoms with Crippen LogP contribution in [0.5, 0.6) is 0 Å². The van der Waals surface area contributed by atoms with Crippen molar-refractivity contribution in [3.63, 3.8) is 0 Å². The summed E-state index contributed by atoms with van der Waals surface area (Å²) in [6.07, 6.45) is 3.19. The number of benzene rings is 2. The number of nitrogens with one attached hydrogen (secondary N) is 3. The van der Waals surface area contributed by atoms with Gasteiger partial charge in [0.15, 0.2) is 0 Å². The summed E-state index contributed by atoms with van der Waals surface area (Å²) in [6.45, 7) is 0. The Morgan fingerprint density at radius 1 is 1.11 bits per heavy atom. The van der Waals surface area contributed by atoms with Gasteiger partial charge in [0.1, 0.15) is 0 Å². The Morgan fingerprint density at radius 2 is 1.93 bits per heavy atom. The molecule has 0 saturated heterocycles. The van der Waals surface area contributed by atoms with E-state index in [9.17, 15) is 4.79 Å². The lowest BCUT2D eigenvalue weighted by Gasteiger charge is -2.05. The van der Waals surface area contributed by atoms with Gasteiger partial charge in [0.2, 0.25) is 5.95 Å². The van der Waals surface area contributed by atoms with Crippen molar-refractivity contribution in [2.24, 2.45) is 0 Å². The van der Waals surface area contributed by atoms with Crippen molar-refractivity contribution < 1.29 is 4.79 Å². The van der Waals surface area contributed by atoms with Gasteiger partial charge in [0.25, 0.3) is 5.91 Å². The van der Waals surface area contributed by atoms with Crippen molar-refractivity contribution in [3.8, 4) is 0 Å². The zero-order valence-electron chi connectivity index (χ0n) is 13.8. The molecule has 0 bridgehead atoms. The van der Waals surface area contributed by atoms with Crippen LogP contribution in [0.15, 0.2) is 65.4 Å². The van der Waals surface area contributed by atoms with E-state index in [2.05, 4.69) is 41.5 Å². The highest BCUT2D eigenvalue weighted by Gasteiger charge is 2.10. The molecule has 0 atom stereocenters. The van der Waals surface area contributed by atoms with E-state index >= 15 is 0 Å². The number of nitrogens with zero attached hydrogens (tertiary/aromatic N) is 2. The number of anilines is 3. The number of hydrogen-bond donors (Lipinski definition) is 3. The molecule has 0 radical (unpaired) electrons. The summed E-state index contributed by atoms with van der Waals surface area (Å²) >= 11 is 9.48. The first kappa shape index (κ1) is 17.5. The zero-order chi connectivity index (χ0) is 18.8. The van der Waals surface area contributed by atoms with Gasteiger partial charge in [-0.05, 0) is 48.5 Å². The van der Waals surface area contributed by atoms with Crippen LogP contribution >= 0.6 is 27.5 Å². The Bertz CT molecular complexity index is 1130. The summed E-state index contributed by atoms with van der Waals surface area (Å²) in [6, 6.07) is 14.4. The van der Waals surface area contributed by atoms with Gasteiger partial charge in [0.05, 0.1) is 21.7 Å². The largest absolute Gasteiger partial charge is 0.324 e. The molecular weight excluding hydrogens is 430 g/mol. The van der Waals surface area contributed by atoms with Crippen LogP contribution < -0.4 is 10.6 Å². The molecule has 0 aliphatic rings. The summed E-state index contributed by atoms with van der Waals surface area (Å²) in [5.41, 5.74) is 3.43. The number of pyridine rings is 1. The third kappa shape index (κ3) is 3.94. The first-order valence-electron chi connectivity index (χ1n) is 8.02. The third-order valence-electron chi connectivity index (χ3n) is 3.87. The van der Waals surface area contributed by atoms with Crippen LogP contribution in [-0.4, -0.2) is 20.9 Å². The zero-order valence-corrected chi connectivity index (χ0v) is 16.2. The predicted molar refractivity (Wildman–Crippen MR) is 111 cm³/mol. The SMILES string of the molecule is O=C(Nc1ccc(Br)cc1)c1ccc2nc(Nc3ccncc3Cl)[nH]c2c1. The Balaban J connectivity index is 1.56. The van der Waals surface area contributed by atoms with E-state index in [-0.39, 0.29) is 5.91 Å². The molecule has 27 heavy (non-hydrogen) atoms. The van der Waals surface area contributed by atoms with Crippen LogP contribution in [0.25, 0.3) is 11.0 Å². The van der Waals surface area contributed by atoms with Crippen molar-refractivity contribution in [1.29, 1.82) is 0 Å². The number of H-pyrrole nitrogens is 1. The second kappa shape index (κ2) is 7.38. The normalized spacial score (nSPS) is 10.7. The molecule has 3 N–H and O–H groups in total. The minimum atomic E-state index is -0.194. The minimum Gasteiger partial charge on any atom is -0.324 e. The lowest BCUT2D eigenvalue weighted by molar-refractivity contribution is 0.102. The highest BCUT2D eigenvalue weighted by molar-refractivity contribution is 9.10. The van der Waals surface area contributed by atoms with Gasteiger partial charge < -0.3 is 15.6 Å². The molecule has 2 aromatic carbocycles. The van der Waals surface area contributed by atoms with Gasteiger partial charge in [-0.15, -0.1) is 0 Å². The van der Waals surface area contributed by atoms with E-state index < -0.39 is 0 Å². The lowest BCUT2D eigenvalue weighted by Crippen LogP contribution is -2.11. The van der Waals surface area contributed by atoms with Gasteiger partial charge in [-0.2, -0.15) is 0 Å². The molecule has 1 amide bonds. The smallest absolute Gasteiger partial charge is 0.255 e. The molecule has 6 nitrogen and oxygen atoms in total. The molecular formula is C19H13BrClN5O. The molecule has 4 rings (SSSR count). The maximum absolute atomic E-state index is 12.5. The Morgan fingerprint density at radius 3 is 2.70 bits per heavy atom. The van der Waals surface area contributed by atoms with Gasteiger partial charge in [0, 0.05) is 28.1 Å². The average molecular weight is 443 g/mol. The summed E-state index contributed by atoms with van der Waals surface area (Å²) in [5, 5.41) is 6.48. The predicted octanol–water partition coefficient (Wildman–Crippen LogP) is 5.37. The molecule has 2 heterocycles. The van der Waals surface area contributed by atoms with Crippen LogP contribution in [0, 0.1) is 0 Å². The number of fused-ring (bicyclic) bond motifs is 1. The van der Waals surface area contributed by atoms with Crippen LogP contribution in [0.2, 0.25) is 5.02 Å². The number of rotatable bonds is 4. The first-order chi connectivity index (χ1) is 13.1. The van der Waals surface area contributed by atoms with Gasteiger partial charge in [-0.1, -0.05) is 27.5 Å². The molecule has 4 aromatic rings. The number of amides is 1. The maximum atomic E-state index is 12.5. The van der Waals surface area contributed by atoms with Crippen LogP contribution in [0.4, 0.5) is 17.3 Å². The summed E-state index contributed by atoms with van der Waals surface area (Å²) < 4.78 is 0.953. The summed E-state index contributed by atoms with van der Waals surface area (Å²) in [5.74, 6) is 0.337. The van der Waals surface area contributed by atoms with Crippen LogP contribution in [-0.2, 0) is 0 Å². The molecule has 0 fully saturated rings. The van der Waals surface area contributed by atoms with Crippen molar-refractivity contribution in [3.05, 3.63) is 76.0 Å². The number of hydrogen-bond acceptors (Lipinski definition) is 4. The summed E-state index contributed by atoms with van der Waals surface area (Å²) in [4.78, 5) is 24.0. The van der Waals surface area contributed by atoms with E-state index in [0.29, 0.717) is 22.2 Å². The fourth-order valence-corrected chi connectivity index (χ4v) is 2.98. The second-order valence-corrected chi connectivity index (χ2v) is 7.08. The second-order valence-electron chi connectivity index (χ2n) is 5.76. The Labute approximate surface area is 168 Å². The van der Waals surface area contributed by atoms with Crippen molar-refractivity contribution in [2.75, 3.05) is 10.6 Å². The Hall–Kier alpha value is -2.90. The number of aromatic amines is 1. The minimum absolute atomic E-state index is 0.194. The van der Waals surface area contributed by atoms with E-state index in [1.807, 2.05) is 24.3 Å². The van der Waals surface area contributed by atoms with E-state index in [1.54, 1.807) is 36.7 Å². The fraction of sp³-hybridized carbons (Fsp3) is 0. The van der Waals surface area contributed by atoms with Crippen molar-refractivity contribution in [1.82, 2.24) is 15.0 Å². The highest BCUT2D eigenvalue weighted by Crippen LogP contribution is 2.24. The molecule has 0 saturated carbocycles. The maximum Gasteiger partial charge on any atom is 0.255 e. The highest BCUT2D eigenvalue weighted by atomic mass is 79.9. The first-order valence-corrected chi connectivity index (χ1v) is 9.19. The molecule has 0 aliphatic heterocycles. The van der Waals surface area contributed by atoms with Gasteiger partial charge in [-0.3, -0.25) is 9.78 Å². The van der Waals surface area contributed by atoms with Crippen molar-refractivity contribution in [2.45, 2.75) is 0 Å². The summed E-state index contributed by atoms with van der Waals surface area (Å²) in [7, 11) is 0. The molecule has 0 unspecified atom stereocenters. The lowest BCUT2D eigenvalue weighted by atomic mass is 10.2. The Kier molecular flexibility index (Phi) is 4.79. The topological polar surface area (TPSA) is 82.7 Å². The number of halogens is 2. The number of carbonyl (C=O) groups excluding carboxylic acids is 1. The van der Waals surface area contributed by atoms with Gasteiger partial charge in [-0.25, -0.2) is 4.98 Å². The fourth-order valence-electron chi connectivity index (χ4n) is 2.55. The molecule has 0 aliphatic carbocycles. The average Bonchev–Trinajstić information content (AvgIpc) is 3.07. The molecule has 134 valence electrons. The monoisotopic (exact) mass is 441 g/mol. The van der Waals surface area contributed by atoms with E-state index in [4.69, 9.17) is 11.6 Å². The van der Waals surface area contributed by atoms with Crippen LogP contribution in [0.3, 0.4) is 0 Å². The van der Waals surface area contributed by atoms with E-state index in [0.717, 1.165) is 21.2 Å². The quantitative estimate of drug-likeness (QED) is 0.397. The molecule has 0 spiro atoms.